The van der Waals surface area contributed by atoms with Crippen molar-refractivity contribution in [1.82, 2.24) is 5.32 Å². The summed E-state index contributed by atoms with van der Waals surface area (Å²) in [6.45, 7) is 0.698. The first-order chi connectivity index (χ1) is 21.1. The van der Waals surface area contributed by atoms with Gasteiger partial charge in [0.15, 0.2) is 23.1 Å². The summed E-state index contributed by atoms with van der Waals surface area (Å²) in [4.78, 5) is 19.5. The Labute approximate surface area is 251 Å². The maximum Gasteiger partial charge on any atom is 0.252 e. The summed E-state index contributed by atoms with van der Waals surface area (Å²) in [5.41, 5.74) is 2.00. The van der Waals surface area contributed by atoms with Gasteiger partial charge in [0.2, 0.25) is 5.90 Å². The highest BCUT2D eigenvalue weighted by molar-refractivity contribution is 6.01. The molecule has 0 spiro atoms. The lowest BCUT2D eigenvalue weighted by Gasteiger charge is -2.31. The summed E-state index contributed by atoms with van der Waals surface area (Å²) in [5.74, 6) is 1.93. The average Bonchev–Trinajstić information content (AvgIpc) is 3.45. The fourth-order valence-corrected chi connectivity index (χ4v) is 5.24. The average molecular weight is 581 g/mol. The highest BCUT2D eigenvalue weighted by atomic mass is 16.5. The second kappa shape index (κ2) is 13.9. The predicted molar refractivity (Wildman–Crippen MR) is 165 cm³/mol. The van der Waals surface area contributed by atoms with E-state index in [1.54, 1.807) is 14.2 Å². The van der Waals surface area contributed by atoms with E-state index < -0.39 is 11.6 Å². The zero-order valence-corrected chi connectivity index (χ0v) is 24.4. The first kappa shape index (κ1) is 29.7. The summed E-state index contributed by atoms with van der Waals surface area (Å²) < 4.78 is 23.3. The molecule has 4 aromatic carbocycles. The number of benzene rings is 4. The number of aliphatic hydroxyl groups is 1. The van der Waals surface area contributed by atoms with Crippen LogP contribution >= 0.6 is 0 Å². The van der Waals surface area contributed by atoms with E-state index in [9.17, 15) is 4.79 Å². The number of methoxy groups -OCH3 is 2. The number of hydrogen-bond donors (Lipinski definition) is 2. The van der Waals surface area contributed by atoms with Crippen molar-refractivity contribution in [2.75, 3.05) is 27.4 Å². The maximum absolute atomic E-state index is 14.4. The number of aliphatic imine (C=N–C) groups is 1. The zero-order chi connectivity index (χ0) is 30.1. The molecule has 8 nitrogen and oxygen atoms in total. The van der Waals surface area contributed by atoms with Crippen molar-refractivity contribution in [2.24, 2.45) is 4.99 Å². The molecule has 0 saturated carbocycles. The normalized spacial score (nSPS) is 17.5. The van der Waals surface area contributed by atoms with E-state index in [0.717, 1.165) is 22.3 Å². The Morgan fingerprint density at radius 2 is 1.63 bits per heavy atom. The molecule has 2 atom stereocenters. The molecule has 4 aromatic rings. The number of carbonyl (C=O) groups excluding carboxylic acids is 1. The fourth-order valence-electron chi connectivity index (χ4n) is 5.24. The molecule has 0 unspecified atom stereocenters. The van der Waals surface area contributed by atoms with Crippen LogP contribution in [0.25, 0.3) is 0 Å². The highest BCUT2D eigenvalue weighted by Crippen LogP contribution is 2.43. The van der Waals surface area contributed by atoms with Crippen LogP contribution in [0, 0.1) is 0 Å². The molecule has 43 heavy (non-hydrogen) atoms. The van der Waals surface area contributed by atoms with Gasteiger partial charge in [-0.15, -0.1) is 0 Å². The van der Waals surface area contributed by atoms with Gasteiger partial charge in [-0.3, -0.25) is 4.79 Å². The van der Waals surface area contributed by atoms with E-state index in [1.165, 1.54) is 0 Å². The Balaban J connectivity index is 1.53. The molecule has 2 N–H and O–H groups in total. The summed E-state index contributed by atoms with van der Waals surface area (Å²) in [5, 5.41) is 12.2. The van der Waals surface area contributed by atoms with Gasteiger partial charge in [0.1, 0.15) is 5.75 Å². The van der Waals surface area contributed by atoms with E-state index >= 15 is 0 Å². The summed E-state index contributed by atoms with van der Waals surface area (Å²) in [7, 11) is 3.16. The summed E-state index contributed by atoms with van der Waals surface area (Å²) >= 11 is 0. The van der Waals surface area contributed by atoms with Gasteiger partial charge in [-0.1, -0.05) is 72.8 Å². The second-order valence-electron chi connectivity index (χ2n) is 10.2. The van der Waals surface area contributed by atoms with Gasteiger partial charge in [-0.25, -0.2) is 4.99 Å². The first-order valence-electron chi connectivity index (χ1n) is 14.3. The molecule has 5 rings (SSSR count). The molecule has 1 aliphatic rings. The quantitative estimate of drug-likeness (QED) is 0.209. The Hall–Kier alpha value is -4.82. The van der Waals surface area contributed by atoms with Crippen molar-refractivity contribution in [1.29, 1.82) is 0 Å². The molecule has 1 heterocycles. The molecule has 0 aromatic heterocycles. The Bertz CT molecular complexity index is 1530. The lowest BCUT2D eigenvalue weighted by atomic mass is 9.82. The molecule has 1 amide bonds. The lowest BCUT2D eigenvalue weighted by Crippen LogP contribution is -2.49. The van der Waals surface area contributed by atoms with Crippen molar-refractivity contribution in [2.45, 2.75) is 31.0 Å². The van der Waals surface area contributed by atoms with E-state index in [4.69, 9.17) is 29.0 Å². The van der Waals surface area contributed by atoms with Crippen LogP contribution in [0.5, 0.6) is 17.2 Å². The van der Waals surface area contributed by atoms with Crippen LogP contribution in [0.15, 0.2) is 108 Å². The minimum Gasteiger partial charge on any atom is -0.494 e. The zero-order valence-electron chi connectivity index (χ0n) is 24.4. The topological polar surface area (TPSA) is 98.6 Å². The van der Waals surface area contributed by atoms with Gasteiger partial charge in [0.05, 0.1) is 20.8 Å². The number of para-hydroxylation sites is 1. The molecule has 0 fully saturated rings. The minimum atomic E-state index is -1.31. The van der Waals surface area contributed by atoms with Gasteiger partial charge in [0, 0.05) is 37.1 Å². The molecule has 0 bridgehead atoms. The van der Waals surface area contributed by atoms with Crippen LogP contribution in [0.3, 0.4) is 0 Å². The van der Waals surface area contributed by atoms with Gasteiger partial charge in [-0.2, -0.15) is 0 Å². The number of carbonyl (C=O) groups is 1. The number of amides is 1. The number of nitrogens with one attached hydrogen (secondary N) is 1. The van der Waals surface area contributed by atoms with Gasteiger partial charge < -0.3 is 29.4 Å². The SMILES string of the molecule is COc1cccc(CNC(=O)[C@]2(Cc3ccccc3)N=C(c3ccc(OCCCO)cc3)O[C@@H]2c2ccccc2)c1OC. The molecule has 8 heteroatoms. The highest BCUT2D eigenvalue weighted by Gasteiger charge is 2.53. The predicted octanol–water partition coefficient (Wildman–Crippen LogP) is 5.28. The Kier molecular flexibility index (Phi) is 9.59. The van der Waals surface area contributed by atoms with Crippen molar-refractivity contribution >= 4 is 11.8 Å². The largest absolute Gasteiger partial charge is 0.494 e. The summed E-state index contributed by atoms with van der Waals surface area (Å²) in [6.07, 6.45) is 0.187. The van der Waals surface area contributed by atoms with Crippen molar-refractivity contribution in [3.63, 3.8) is 0 Å². The Morgan fingerprint density at radius 1 is 0.907 bits per heavy atom. The monoisotopic (exact) mass is 580 g/mol. The van der Waals surface area contributed by atoms with Gasteiger partial charge >= 0.3 is 0 Å². The number of nitrogens with zero attached hydrogens (tertiary/aromatic N) is 1. The number of rotatable bonds is 13. The molecule has 1 aliphatic heterocycles. The molecule has 0 radical (unpaired) electrons. The third-order valence-electron chi connectivity index (χ3n) is 7.37. The van der Waals surface area contributed by atoms with E-state index in [0.29, 0.717) is 42.6 Å². The third-order valence-corrected chi connectivity index (χ3v) is 7.37. The first-order valence-corrected chi connectivity index (χ1v) is 14.3. The van der Waals surface area contributed by atoms with Gasteiger partial charge in [-0.05, 0) is 41.5 Å². The Morgan fingerprint density at radius 3 is 2.30 bits per heavy atom. The molecule has 222 valence electrons. The maximum atomic E-state index is 14.4. The fraction of sp³-hybridized carbons (Fsp3) is 0.257. The van der Waals surface area contributed by atoms with Crippen LogP contribution in [0.2, 0.25) is 0 Å². The van der Waals surface area contributed by atoms with Crippen LogP contribution in [0.4, 0.5) is 0 Å². The number of hydrogen-bond acceptors (Lipinski definition) is 7. The standard InChI is InChI=1S/C35H36N2O6/c1-40-30-16-9-15-28(31(30)41-2)24-36-34(39)35(23-25-11-5-3-6-12-25)32(26-13-7-4-8-14-26)43-33(37-35)27-17-19-29(20-18-27)42-22-10-21-38/h3-9,11-20,32,38H,10,21-24H2,1-2H3,(H,36,39)/t32-,35-/m1/s1. The minimum absolute atomic E-state index is 0.0692. The van der Waals surface area contributed by atoms with Crippen molar-refractivity contribution < 1.29 is 28.8 Å². The van der Waals surface area contributed by atoms with Crippen LogP contribution in [-0.4, -0.2) is 49.9 Å². The van der Waals surface area contributed by atoms with E-state index in [-0.39, 0.29) is 19.1 Å². The molecule has 0 saturated heterocycles. The summed E-state index contributed by atoms with van der Waals surface area (Å²) in [6, 6.07) is 32.5. The van der Waals surface area contributed by atoms with Crippen LogP contribution in [-0.2, 0) is 22.5 Å². The number of aliphatic hydroxyl groups excluding tert-OH is 1. The van der Waals surface area contributed by atoms with E-state index in [2.05, 4.69) is 5.32 Å². The smallest absolute Gasteiger partial charge is 0.252 e. The molecular weight excluding hydrogens is 544 g/mol. The van der Waals surface area contributed by atoms with E-state index in [1.807, 2.05) is 103 Å². The van der Waals surface area contributed by atoms with Crippen LogP contribution in [0.1, 0.15) is 34.8 Å². The molecular formula is C35H36N2O6. The second-order valence-corrected chi connectivity index (χ2v) is 10.2. The van der Waals surface area contributed by atoms with Crippen molar-refractivity contribution in [3.8, 4) is 17.2 Å². The third kappa shape index (κ3) is 6.65. The lowest BCUT2D eigenvalue weighted by molar-refractivity contribution is -0.129. The van der Waals surface area contributed by atoms with Gasteiger partial charge in [0.25, 0.3) is 5.91 Å². The van der Waals surface area contributed by atoms with Crippen LogP contribution < -0.4 is 19.5 Å². The van der Waals surface area contributed by atoms with Crippen molar-refractivity contribution in [3.05, 3.63) is 125 Å². The number of ether oxygens (including phenoxy) is 4. The molecule has 0 aliphatic carbocycles.